The van der Waals surface area contributed by atoms with Crippen LogP contribution in [0.15, 0.2) is 211 Å². The fraction of sp³-hybridized carbons (Fsp3) is 0. The molecule has 0 saturated heterocycles. The van der Waals surface area contributed by atoms with Crippen LogP contribution in [0.4, 0.5) is 0 Å². The number of pyridine rings is 2. The molecule has 7 aromatic carbocycles. The van der Waals surface area contributed by atoms with E-state index in [0.717, 1.165) is 89.4 Å². The van der Waals surface area contributed by atoms with E-state index in [-0.39, 0.29) is 20.9 Å². The number of fused-ring (bicyclic) bond motifs is 6. The van der Waals surface area contributed by atoms with Crippen molar-refractivity contribution >= 4 is 63.8 Å². The van der Waals surface area contributed by atoms with Crippen molar-refractivity contribution in [3.63, 3.8) is 0 Å². The zero-order valence-corrected chi connectivity index (χ0v) is 36.0. The van der Waals surface area contributed by atoms with Crippen molar-refractivity contribution in [2.75, 3.05) is 0 Å². The highest BCUT2D eigenvalue weighted by Gasteiger charge is 2.31. The lowest BCUT2D eigenvalue weighted by molar-refractivity contribution is 0.582. The van der Waals surface area contributed by atoms with Crippen molar-refractivity contribution in [3.8, 4) is 56.6 Å². The Morgan fingerprint density at radius 3 is 1.05 bits per heavy atom. The molecule has 0 aliphatic rings. The van der Waals surface area contributed by atoms with Crippen LogP contribution in [0.5, 0.6) is 0 Å². The predicted molar refractivity (Wildman–Crippen MR) is 252 cm³/mol. The Balaban J connectivity index is 0.866. The Morgan fingerprint density at radius 2 is 0.697 bits per heavy atom. The number of furan rings is 2. The zero-order valence-electron chi connectivity index (χ0n) is 34.4. The largest absolute Gasteiger partial charge is 0.438 e. The Hall–Kier alpha value is -8.68. The molecule has 4 aromatic heterocycles. The highest BCUT2D eigenvalue weighted by molar-refractivity contribution is 7.94. The van der Waals surface area contributed by atoms with Crippen LogP contribution in [0.25, 0.3) is 88.6 Å². The van der Waals surface area contributed by atoms with Crippen LogP contribution in [0.1, 0.15) is 11.1 Å². The van der Waals surface area contributed by atoms with Crippen molar-refractivity contribution in [1.29, 1.82) is 10.5 Å². The first-order valence-corrected chi connectivity index (χ1v) is 23.5. The van der Waals surface area contributed by atoms with Gasteiger partial charge in [-0.05, 0) is 129 Å². The van der Waals surface area contributed by atoms with Gasteiger partial charge in [-0.3, -0.25) is 0 Å². The second-order valence-electron chi connectivity index (χ2n) is 15.6. The minimum atomic E-state index is -4.55. The number of nitrogens with zero attached hydrogens (tertiary/aromatic N) is 4. The lowest BCUT2D eigenvalue weighted by Crippen LogP contribution is -2.12. The Bertz CT molecular complexity index is 3810. The van der Waals surface area contributed by atoms with Gasteiger partial charge in [0.2, 0.25) is 31.1 Å². The van der Waals surface area contributed by atoms with E-state index in [2.05, 4.69) is 22.1 Å². The molecule has 0 radical (unpaired) electrons. The smallest absolute Gasteiger partial charge is 0.227 e. The van der Waals surface area contributed by atoms with Gasteiger partial charge in [0.15, 0.2) is 0 Å². The Labute approximate surface area is 377 Å². The van der Waals surface area contributed by atoms with E-state index >= 15 is 0 Å². The summed E-state index contributed by atoms with van der Waals surface area (Å²) in [6, 6.07) is 53.1. The highest BCUT2D eigenvalue weighted by atomic mass is 32.2. The highest BCUT2D eigenvalue weighted by Crippen LogP contribution is 2.37. The van der Waals surface area contributed by atoms with Gasteiger partial charge in [0.1, 0.15) is 23.3 Å². The summed E-state index contributed by atoms with van der Waals surface area (Å²) in [6.07, 6.45) is 3.39. The van der Waals surface area contributed by atoms with Crippen molar-refractivity contribution in [1.82, 2.24) is 9.97 Å². The summed E-state index contributed by atoms with van der Waals surface area (Å²) >= 11 is 0. The van der Waals surface area contributed by atoms with Crippen LogP contribution in [-0.4, -0.2) is 26.8 Å². The van der Waals surface area contributed by atoms with E-state index in [1.807, 2.05) is 109 Å². The SMILES string of the molecule is N#Cc1cc(S(=O)(=O)c2ccc(-c3ccc(-c4ccc5oc6ncccc6c5c4)cc3)cc2)c(S(=O)(=O)c2ccc(-c3ccc(-c4ccc5oc6ncccc6c5c4)cc3)cc2)cc1C#N. The average Bonchev–Trinajstić information content (AvgIpc) is 3.94. The summed E-state index contributed by atoms with van der Waals surface area (Å²) in [6.45, 7) is 0. The fourth-order valence-electron chi connectivity index (χ4n) is 8.36. The molecule has 0 aliphatic heterocycles. The average molecular weight is 895 g/mol. The molecule has 0 atom stereocenters. The lowest BCUT2D eigenvalue weighted by atomic mass is 9.99. The van der Waals surface area contributed by atoms with Gasteiger partial charge in [0.25, 0.3) is 0 Å². The summed E-state index contributed by atoms with van der Waals surface area (Å²) in [5.41, 5.74) is 9.13. The van der Waals surface area contributed by atoms with Crippen LogP contribution in [0.3, 0.4) is 0 Å². The third kappa shape index (κ3) is 6.77. The fourth-order valence-corrected chi connectivity index (χ4v) is 11.7. The summed E-state index contributed by atoms with van der Waals surface area (Å²) in [5, 5.41) is 23.6. The number of aromatic nitrogens is 2. The predicted octanol–water partition coefficient (Wildman–Crippen LogP) is 12.4. The van der Waals surface area contributed by atoms with Crippen molar-refractivity contribution < 1.29 is 25.7 Å². The number of benzene rings is 7. The molecule has 11 aromatic rings. The minimum absolute atomic E-state index is 0.183. The quantitative estimate of drug-likeness (QED) is 0.143. The van der Waals surface area contributed by atoms with Crippen LogP contribution in [-0.2, 0) is 19.7 Å². The van der Waals surface area contributed by atoms with E-state index < -0.39 is 29.5 Å². The first kappa shape index (κ1) is 40.1. The maximum absolute atomic E-state index is 14.4. The molecular weight excluding hydrogens is 865 g/mol. The third-order valence-corrected chi connectivity index (χ3v) is 15.6. The van der Waals surface area contributed by atoms with E-state index in [4.69, 9.17) is 8.83 Å². The maximum Gasteiger partial charge on any atom is 0.227 e. The topological polar surface area (TPSA) is 168 Å². The van der Waals surface area contributed by atoms with E-state index in [9.17, 15) is 27.4 Å². The molecule has 0 spiro atoms. The third-order valence-electron chi connectivity index (χ3n) is 11.8. The molecule has 0 N–H and O–H groups in total. The van der Waals surface area contributed by atoms with E-state index in [1.54, 1.807) is 36.7 Å². The van der Waals surface area contributed by atoms with Crippen LogP contribution >= 0.6 is 0 Å². The molecule has 0 unspecified atom stereocenters. The van der Waals surface area contributed by atoms with Gasteiger partial charge in [0.05, 0.1) is 30.7 Å². The molecule has 0 amide bonds. The maximum atomic E-state index is 14.4. The summed E-state index contributed by atoms with van der Waals surface area (Å²) < 4.78 is 69.4. The Kier molecular flexibility index (Phi) is 9.45. The summed E-state index contributed by atoms with van der Waals surface area (Å²) in [7, 11) is -9.09. The minimum Gasteiger partial charge on any atom is -0.438 e. The molecule has 10 nitrogen and oxygen atoms in total. The molecule has 0 bridgehead atoms. The second kappa shape index (κ2) is 15.5. The normalized spacial score (nSPS) is 11.8. The van der Waals surface area contributed by atoms with Crippen LogP contribution in [0.2, 0.25) is 0 Å². The zero-order chi connectivity index (χ0) is 45.2. The number of hydrogen-bond donors (Lipinski definition) is 0. The van der Waals surface area contributed by atoms with Crippen molar-refractivity contribution in [2.24, 2.45) is 0 Å². The molecule has 314 valence electrons. The number of nitriles is 2. The standard InChI is InChI=1S/C54H30N4O6S2/c55-31-41-29-51(65(59,60)43-19-13-35(14-20-43)33-5-9-37(10-6-33)39-17-23-49-47(27-39)45-3-1-25-57-53(45)63-49)52(30-42(41)32-56)66(61,62)44-21-15-36(16-22-44)34-7-11-38(12-8-34)40-18-24-50-48(28-40)46-4-2-26-58-54(46)64-50/h1-30H. The Morgan fingerprint density at radius 1 is 0.379 bits per heavy atom. The van der Waals surface area contributed by atoms with E-state index in [1.165, 1.54) is 24.3 Å². The van der Waals surface area contributed by atoms with Crippen LogP contribution in [0, 0.1) is 22.7 Å². The van der Waals surface area contributed by atoms with Crippen LogP contribution < -0.4 is 0 Å². The number of sulfone groups is 2. The van der Waals surface area contributed by atoms with Gasteiger partial charge < -0.3 is 8.83 Å². The molecule has 66 heavy (non-hydrogen) atoms. The van der Waals surface area contributed by atoms with E-state index in [0.29, 0.717) is 11.4 Å². The summed E-state index contributed by atoms with van der Waals surface area (Å²) in [4.78, 5) is 7.06. The monoisotopic (exact) mass is 894 g/mol. The lowest BCUT2D eigenvalue weighted by Gasteiger charge is -2.14. The number of rotatable bonds is 8. The van der Waals surface area contributed by atoms with Gasteiger partial charge >= 0.3 is 0 Å². The number of hydrogen-bond acceptors (Lipinski definition) is 10. The van der Waals surface area contributed by atoms with Gasteiger partial charge in [-0.15, -0.1) is 0 Å². The molecule has 11 rings (SSSR count). The van der Waals surface area contributed by atoms with Gasteiger partial charge in [-0.2, -0.15) is 10.5 Å². The summed E-state index contributed by atoms with van der Waals surface area (Å²) in [5.74, 6) is 0. The molecule has 0 saturated carbocycles. The molecular formula is C54H30N4O6S2. The molecule has 0 aliphatic carbocycles. The van der Waals surface area contributed by atoms with Crippen molar-refractivity contribution in [2.45, 2.75) is 19.6 Å². The molecule has 12 heteroatoms. The second-order valence-corrected chi connectivity index (χ2v) is 19.5. The first-order valence-electron chi connectivity index (χ1n) is 20.5. The first-order chi connectivity index (χ1) is 32.1. The van der Waals surface area contributed by atoms with Gasteiger partial charge in [-0.1, -0.05) is 84.9 Å². The molecule has 0 fully saturated rings. The van der Waals surface area contributed by atoms with Gasteiger partial charge in [-0.25, -0.2) is 26.8 Å². The molecule has 4 heterocycles. The van der Waals surface area contributed by atoms with Gasteiger partial charge in [0, 0.05) is 33.9 Å². The van der Waals surface area contributed by atoms with Crippen molar-refractivity contribution in [3.05, 3.63) is 193 Å².